The fourth-order valence-corrected chi connectivity index (χ4v) is 4.85. The van der Waals surface area contributed by atoms with Crippen molar-refractivity contribution in [2.75, 3.05) is 20.3 Å². The van der Waals surface area contributed by atoms with Crippen LogP contribution in [0.4, 0.5) is 4.79 Å². The predicted molar refractivity (Wildman–Crippen MR) is 127 cm³/mol. The molecule has 9 heteroatoms. The molecule has 2 atom stereocenters. The lowest BCUT2D eigenvalue weighted by Gasteiger charge is -2.21. The van der Waals surface area contributed by atoms with Crippen LogP contribution in [0.25, 0.3) is 11.1 Å². The number of amides is 2. The number of alkyl carbamates (subject to hydrolysis) is 1. The molecule has 2 amide bonds. The van der Waals surface area contributed by atoms with Crippen LogP contribution in [-0.4, -0.2) is 49.4 Å². The average Bonchev–Trinajstić information content (AvgIpc) is 3.47. The number of hydrogen-bond acceptors (Lipinski definition) is 6. The van der Waals surface area contributed by atoms with Crippen LogP contribution in [0, 0.1) is 0 Å². The van der Waals surface area contributed by atoms with Crippen molar-refractivity contribution < 1.29 is 29.0 Å². The van der Waals surface area contributed by atoms with Gasteiger partial charge in [-0.05, 0) is 33.7 Å². The van der Waals surface area contributed by atoms with Crippen LogP contribution in [0.15, 0.2) is 66.0 Å². The molecule has 0 fully saturated rings. The lowest BCUT2D eigenvalue weighted by atomic mass is 9.98. The summed E-state index contributed by atoms with van der Waals surface area (Å²) in [5.41, 5.74) is 4.36. The second-order valence-electron chi connectivity index (χ2n) is 7.77. The van der Waals surface area contributed by atoms with E-state index in [1.165, 1.54) is 18.4 Å². The lowest BCUT2D eigenvalue weighted by molar-refractivity contribution is -0.142. The molecule has 0 saturated carbocycles. The molecule has 0 radical (unpaired) electrons. The molecule has 0 bridgehead atoms. The minimum atomic E-state index is -1.23. The van der Waals surface area contributed by atoms with Gasteiger partial charge in [-0.25, -0.2) is 9.59 Å². The maximum Gasteiger partial charge on any atom is 0.407 e. The summed E-state index contributed by atoms with van der Waals surface area (Å²) in [5.74, 6) is -2.01. The van der Waals surface area contributed by atoms with Crippen LogP contribution in [0.1, 0.15) is 28.0 Å². The Labute approximate surface area is 200 Å². The van der Waals surface area contributed by atoms with Gasteiger partial charge in [0.25, 0.3) is 0 Å². The smallest absolute Gasteiger partial charge is 0.407 e. The van der Waals surface area contributed by atoms with Gasteiger partial charge in [0.2, 0.25) is 5.91 Å². The number of carboxylic acid groups (broad SMARTS) is 1. The SMILES string of the molecule is COC[C@H](NC(=O)OCC1c2ccccc2-c2ccccc21)C(=O)NC(C(=O)O)c1cccs1. The van der Waals surface area contributed by atoms with Gasteiger partial charge in [-0.15, -0.1) is 11.3 Å². The third-order valence-corrected chi connectivity index (χ3v) is 6.58. The number of aliphatic carboxylic acids is 1. The first-order valence-electron chi connectivity index (χ1n) is 10.7. The van der Waals surface area contributed by atoms with Crippen LogP contribution in [0.5, 0.6) is 0 Å². The highest BCUT2D eigenvalue weighted by molar-refractivity contribution is 7.10. The van der Waals surface area contributed by atoms with Crippen molar-refractivity contribution in [1.29, 1.82) is 0 Å². The standard InChI is InChI=1S/C25H24N2O6S/c1-32-14-20(23(28)27-22(24(29)30)21-11-6-12-34-21)26-25(31)33-13-19-17-9-4-2-7-15(17)16-8-3-5-10-18(16)19/h2-12,19-20,22H,13-14H2,1H3,(H,26,31)(H,27,28)(H,29,30)/t20-,22?/m0/s1. The number of methoxy groups -OCH3 is 1. The first kappa shape index (κ1) is 23.5. The maximum absolute atomic E-state index is 12.7. The van der Waals surface area contributed by atoms with Gasteiger partial charge >= 0.3 is 12.1 Å². The van der Waals surface area contributed by atoms with Crippen molar-refractivity contribution in [3.05, 3.63) is 82.0 Å². The molecule has 1 unspecified atom stereocenters. The molecule has 3 N–H and O–H groups in total. The largest absolute Gasteiger partial charge is 0.479 e. The van der Waals surface area contributed by atoms with E-state index >= 15 is 0 Å². The van der Waals surface area contributed by atoms with Gasteiger partial charge in [-0.3, -0.25) is 4.79 Å². The van der Waals surface area contributed by atoms with Gasteiger partial charge in [0.05, 0.1) is 6.61 Å². The number of carboxylic acids is 1. The van der Waals surface area contributed by atoms with Crippen LogP contribution in [0.2, 0.25) is 0 Å². The molecule has 0 aliphatic heterocycles. The number of rotatable bonds is 9. The van der Waals surface area contributed by atoms with E-state index in [9.17, 15) is 19.5 Å². The fraction of sp³-hybridized carbons (Fsp3) is 0.240. The fourth-order valence-electron chi connectivity index (χ4n) is 4.08. The molecular formula is C25H24N2O6S. The zero-order chi connectivity index (χ0) is 24.1. The molecule has 34 heavy (non-hydrogen) atoms. The average molecular weight is 481 g/mol. The number of benzene rings is 2. The summed E-state index contributed by atoms with van der Waals surface area (Å²) in [6, 6.07) is 16.9. The Hall–Kier alpha value is -3.69. The highest BCUT2D eigenvalue weighted by Gasteiger charge is 2.31. The highest BCUT2D eigenvalue weighted by atomic mass is 32.1. The molecule has 0 spiro atoms. The van der Waals surface area contributed by atoms with E-state index in [4.69, 9.17) is 9.47 Å². The molecule has 1 heterocycles. The third-order valence-electron chi connectivity index (χ3n) is 5.65. The van der Waals surface area contributed by atoms with Crippen LogP contribution < -0.4 is 10.6 Å². The third kappa shape index (κ3) is 4.95. The first-order chi connectivity index (χ1) is 16.5. The molecule has 4 rings (SSSR count). The van der Waals surface area contributed by atoms with Crippen molar-refractivity contribution in [3.63, 3.8) is 0 Å². The number of thiophene rings is 1. The van der Waals surface area contributed by atoms with E-state index in [-0.39, 0.29) is 19.1 Å². The molecule has 8 nitrogen and oxygen atoms in total. The zero-order valence-electron chi connectivity index (χ0n) is 18.4. The van der Waals surface area contributed by atoms with Gasteiger partial charge in [0, 0.05) is 17.9 Å². The van der Waals surface area contributed by atoms with E-state index in [1.54, 1.807) is 17.5 Å². The monoisotopic (exact) mass is 480 g/mol. The number of ether oxygens (including phenoxy) is 2. The minimum Gasteiger partial charge on any atom is -0.479 e. The van der Waals surface area contributed by atoms with E-state index < -0.39 is 30.1 Å². The Morgan fingerprint density at radius 1 is 0.971 bits per heavy atom. The molecule has 0 saturated heterocycles. The summed E-state index contributed by atoms with van der Waals surface area (Å²) >= 11 is 1.21. The maximum atomic E-state index is 12.7. The topological polar surface area (TPSA) is 114 Å². The summed E-state index contributed by atoms with van der Waals surface area (Å²) in [6.07, 6.45) is -0.790. The summed E-state index contributed by atoms with van der Waals surface area (Å²) < 4.78 is 10.5. The van der Waals surface area contributed by atoms with Gasteiger partial charge in [-0.2, -0.15) is 0 Å². The van der Waals surface area contributed by atoms with Crippen molar-refractivity contribution in [3.8, 4) is 11.1 Å². The molecule has 176 valence electrons. The van der Waals surface area contributed by atoms with Gasteiger partial charge in [-0.1, -0.05) is 54.6 Å². The molecule has 3 aromatic rings. The molecule has 1 aromatic heterocycles. The number of fused-ring (bicyclic) bond motifs is 3. The zero-order valence-corrected chi connectivity index (χ0v) is 19.2. The van der Waals surface area contributed by atoms with Crippen molar-refractivity contribution >= 4 is 29.3 Å². The van der Waals surface area contributed by atoms with Crippen molar-refractivity contribution in [2.24, 2.45) is 0 Å². The normalized spacial score (nSPS) is 13.9. The Bertz CT molecular complexity index is 1130. The van der Waals surface area contributed by atoms with Crippen LogP contribution in [0.3, 0.4) is 0 Å². The quantitative estimate of drug-likeness (QED) is 0.432. The summed E-state index contributed by atoms with van der Waals surface area (Å²) in [6.45, 7) is -0.0546. The lowest BCUT2D eigenvalue weighted by Crippen LogP contribution is -2.51. The highest BCUT2D eigenvalue weighted by Crippen LogP contribution is 2.44. The van der Waals surface area contributed by atoms with Crippen molar-refractivity contribution in [1.82, 2.24) is 10.6 Å². The Morgan fingerprint density at radius 2 is 1.62 bits per heavy atom. The Kier molecular flexibility index (Phi) is 7.24. The predicted octanol–water partition coefficient (Wildman–Crippen LogP) is 3.54. The molecular weight excluding hydrogens is 456 g/mol. The molecule has 2 aromatic carbocycles. The van der Waals surface area contributed by atoms with Crippen molar-refractivity contribution in [2.45, 2.75) is 18.0 Å². The molecule has 1 aliphatic rings. The van der Waals surface area contributed by atoms with Crippen LogP contribution in [-0.2, 0) is 19.1 Å². The Balaban J connectivity index is 1.41. The number of hydrogen-bond donors (Lipinski definition) is 3. The summed E-state index contributed by atoms with van der Waals surface area (Å²) in [4.78, 5) is 37.4. The summed E-state index contributed by atoms with van der Waals surface area (Å²) in [5, 5.41) is 16.2. The van der Waals surface area contributed by atoms with E-state index in [1.807, 2.05) is 48.5 Å². The number of carbonyl (C=O) groups is 3. The second kappa shape index (κ2) is 10.5. The van der Waals surface area contributed by atoms with Crippen LogP contribution >= 0.6 is 11.3 Å². The number of carbonyl (C=O) groups excluding carboxylic acids is 2. The summed E-state index contributed by atoms with van der Waals surface area (Å²) in [7, 11) is 1.38. The first-order valence-corrected chi connectivity index (χ1v) is 11.5. The van der Waals surface area contributed by atoms with Gasteiger partial charge < -0.3 is 25.2 Å². The number of nitrogens with one attached hydrogen (secondary N) is 2. The van der Waals surface area contributed by atoms with Gasteiger partial charge in [0.15, 0.2) is 6.04 Å². The second-order valence-corrected chi connectivity index (χ2v) is 8.75. The molecule has 1 aliphatic carbocycles. The van der Waals surface area contributed by atoms with Gasteiger partial charge in [0.1, 0.15) is 12.6 Å². The minimum absolute atomic E-state index is 0.0914. The van der Waals surface area contributed by atoms with E-state index in [2.05, 4.69) is 10.6 Å². The van der Waals surface area contributed by atoms with E-state index in [0.717, 1.165) is 22.3 Å². The Morgan fingerprint density at radius 3 is 2.18 bits per heavy atom. The van der Waals surface area contributed by atoms with E-state index in [0.29, 0.717) is 4.88 Å².